The Morgan fingerprint density at radius 1 is 0.837 bits per heavy atom. The van der Waals surface area contributed by atoms with E-state index < -0.39 is 47.9 Å². The monoisotopic (exact) mass is 610 g/mol. The van der Waals surface area contributed by atoms with Gasteiger partial charge in [0.2, 0.25) is 17.7 Å². The van der Waals surface area contributed by atoms with E-state index in [1.165, 1.54) is 0 Å². The number of thioether (sulfide) groups is 1. The molecular formula is C31H42N6O5S. The van der Waals surface area contributed by atoms with Gasteiger partial charge in [-0.15, -0.1) is 0 Å². The predicted molar refractivity (Wildman–Crippen MR) is 169 cm³/mol. The van der Waals surface area contributed by atoms with Crippen LogP contribution in [0.1, 0.15) is 36.8 Å². The first-order valence-electron chi connectivity index (χ1n) is 14.4. The topological polar surface area (TPSA) is 192 Å². The van der Waals surface area contributed by atoms with Crippen molar-refractivity contribution in [3.05, 3.63) is 71.9 Å². The summed E-state index contributed by atoms with van der Waals surface area (Å²) in [4.78, 5) is 55.2. The third kappa shape index (κ3) is 10.4. The molecule has 0 bridgehead atoms. The van der Waals surface area contributed by atoms with E-state index in [4.69, 9.17) is 11.5 Å². The van der Waals surface area contributed by atoms with Crippen LogP contribution < -0.4 is 27.4 Å². The summed E-state index contributed by atoms with van der Waals surface area (Å²) in [6, 6.07) is 12.6. The lowest BCUT2D eigenvalue weighted by Gasteiger charge is -2.25. The van der Waals surface area contributed by atoms with Gasteiger partial charge in [0, 0.05) is 29.9 Å². The van der Waals surface area contributed by atoms with Crippen molar-refractivity contribution >= 4 is 46.4 Å². The van der Waals surface area contributed by atoms with Crippen LogP contribution in [0.15, 0.2) is 60.8 Å². The van der Waals surface area contributed by atoms with Crippen molar-refractivity contribution in [2.75, 3.05) is 18.6 Å². The highest BCUT2D eigenvalue weighted by molar-refractivity contribution is 7.98. The van der Waals surface area contributed by atoms with Crippen LogP contribution in [0.3, 0.4) is 0 Å². The van der Waals surface area contributed by atoms with Crippen LogP contribution in [0.2, 0.25) is 0 Å². The van der Waals surface area contributed by atoms with Crippen LogP contribution in [0.25, 0.3) is 10.9 Å². The van der Waals surface area contributed by atoms with Crippen LogP contribution in [0, 0.1) is 0 Å². The van der Waals surface area contributed by atoms with Gasteiger partial charge >= 0.3 is 5.97 Å². The van der Waals surface area contributed by atoms with Gasteiger partial charge < -0.3 is 37.5 Å². The fraction of sp³-hybridized carbons (Fsp3) is 0.419. The van der Waals surface area contributed by atoms with E-state index in [9.17, 15) is 24.3 Å². The number of hydrogen-bond donors (Lipinski definition) is 7. The molecule has 11 nitrogen and oxygen atoms in total. The number of carboxylic acid groups (broad SMARTS) is 1. The second-order valence-corrected chi connectivity index (χ2v) is 11.4. The number of H-pyrrole nitrogens is 1. The third-order valence-corrected chi connectivity index (χ3v) is 7.82. The van der Waals surface area contributed by atoms with Gasteiger partial charge in [-0.25, -0.2) is 4.79 Å². The normalized spacial score (nSPS) is 13.9. The largest absolute Gasteiger partial charge is 0.480 e. The van der Waals surface area contributed by atoms with Gasteiger partial charge in [-0.05, 0) is 61.4 Å². The first-order valence-corrected chi connectivity index (χ1v) is 15.8. The Balaban J connectivity index is 1.77. The molecule has 3 amide bonds. The van der Waals surface area contributed by atoms with Crippen molar-refractivity contribution in [1.29, 1.82) is 0 Å². The van der Waals surface area contributed by atoms with Gasteiger partial charge in [0.1, 0.15) is 18.1 Å². The molecule has 0 aliphatic carbocycles. The number of aliphatic carboxylic acids is 1. The number of para-hydroxylation sites is 1. The molecule has 1 heterocycles. The molecule has 0 saturated heterocycles. The smallest absolute Gasteiger partial charge is 0.326 e. The highest BCUT2D eigenvalue weighted by atomic mass is 32.2. The number of carboxylic acids is 1. The zero-order valence-corrected chi connectivity index (χ0v) is 25.2. The number of carbonyl (C=O) groups is 4. The molecule has 43 heavy (non-hydrogen) atoms. The Bertz CT molecular complexity index is 1350. The van der Waals surface area contributed by atoms with Gasteiger partial charge in [0.15, 0.2) is 0 Å². The van der Waals surface area contributed by atoms with E-state index in [0.717, 1.165) is 22.0 Å². The maximum absolute atomic E-state index is 13.6. The Morgan fingerprint density at radius 2 is 1.49 bits per heavy atom. The Morgan fingerprint density at radius 3 is 2.19 bits per heavy atom. The SMILES string of the molecule is CSCCC(N)C(=O)NC(Cc1ccccc1)C(=O)NC(CCCCN)C(=O)NC(Cc1c[nH]c2ccccc12)C(=O)O. The van der Waals surface area contributed by atoms with E-state index in [0.29, 0.717) is 31.6 Å². The van der Waals surface area contributed by atoms with Crippen molar-refractivity contribution in [3.8, 4) is 0 Å². The molecule has 2 aromatic carbocycles. The zero-order valence-electron chi connectivity index (χ0n) is 24.4. The standard InChI is InChI=1S/C31H42N6O5S/c1-43-16-14-23(33)28(38)36-26(17-20-9-3-2-4-10-20)30(40)35-25(13-7-8-15-32)29(39)37-27(31(41)42)18-21-19-34-24-12-6-5-11-22(21)24/h2-6,9-12,19,23,25-27,34H,7-8,13-18,32-33H2,1H3,(H,35,40)(H,36,38)(H,37,39)(H,41,42). The fourth-order valence-corrected chi connectivity index (χ4v) is 5.23. The van der Waals surface area contributed by atoms with Crippen LogP contribution in [0.4, 0.5) is 0 Å². The number of unbranched alkanes of at least 4 members (excludes halogenated alkanes) is 1. The van der Waals surface area contributed by atoms with E-state index in [-0.39, 0.29) is 19.3 Å². The minimum absolute atomic E-state index is 0.0508. The number of rotatable bonds is 18. The number of aromatic amines is 1. The summed E-state index contributed by atoms with van der Waals surface area (Å²) in [5, 5.41) is 18.9. The molecule has 0 aliphatic rings. The lowest BCUT2D eigenvalue weighted by Crippen LogP contribution is -2.57. The highest BCUT2D eigenvalue weighted by Gasteiger charge is 2.30. The molecule has 0 radical (unpaired) electrons. The summed E-state index contributed by atoms with van der Waals surface area (Å²) < 4.78 is 0. The number of benzene rings is 2. The van der Waals surface area contributed by atoms with Gasteiger partial charge in [-0.2, -0.15) is 11.8 Å². The van der Waals surface area contributed by atoms with E-state index in [1.807, 2.05) is 60.9 Å². The third-order valence-electron chi connectivity index (χ3n) is 7.18. The Labute approximate surface area is 255 Å². The summed E-state index contributed by atoms with van der Waals surface area (Å²) in [5.41, 5.74) is 14.1. The van der Waals surface area contributed by atoms with Crippen LogP contribution >= 0.6 is 11.8 Å². The van der Waals surface area contributed by atoms with Crippen LogP contribution in [-0.2, 0) is 32.0 Å². The molecule has 3 aromatic rings. The molecule has 12 heteroatoms. The maximum atomic E-state index is 13.6. The lowest BCUT2D eigenvalue weighted by molar-refractivity contribution is -0.142. The van der Waals surface area contributed by atoms with Crippen molar-refractivity contribution in [3.63, 3.8) is 0 Å². The number of fused-ring (bicyclic) bond motifs is 1. The molecule has 4 unspecified atom stereocenters. The van der Waals surface area contributed by atoms with Crippen LogP contribution in [-0.4, -0.2) is 76.5 Å². The highest BCUT2D eigenvalue weighted by Crippen LogP contribution is 2.19. The average Bonchev–Trinajstić information content (AvgIpc) is 3.41. The van der Waals surface area contributed by atoms with Crippen LogP contribution in [0.5, 0.6) is 0 Å². The summed E-state index contributed by atoms with van der Waals surface area (Å²) in [6.07, 6.45) is 5.72. The average molecular weight is 611 g/mol. The number of aromatic nitrogens is 1. The van der Waals surface area contributed by atoms with Gasteiger partial charge in [0.25, 0.3) is 0 Å². The molecule has 232 valence electrons. The van der Waals surface area contributed by atoms with E-state index >= 15 is 0 Å². The summed E-state index contributed by atoms with van der Waals surface area (Å²) in [7, 11) is 0. The maximum Gasteiger partial charge on any atom is 0.326 e. The van der Waals surface area contributed by atoms with Crippen molar-refractivity contribution in [2.45, 2.75) is 62.7 Å². The zero-order chi connectivity index (χ0) is 31.2. The lowest BCUT2D eigenvalue weighted by atomic mass is 10.0. The minimum Gasteiger partial charge on any atom is -0.480 e. The van der Waals surface area contributed by atoms with Gasteiger partial charge in [0.05, 0.1) is 6.04 Å². The first-order chi connectivity index (χ1) is 20.7. The Hall–Kier alpha value is -3.87. The second-order valence-electron chi connectivity index (χ2n) is 10.4. The first kappa shape index (κ1) is 33.6. The molecule has 4 atom stereocenters. The molecule has 0 aliphatic heterocycles. The fourth-order valence-electron chi connectivity index (χ4n) is 4.74. The quantitative estimate of drug-likeness (QED) is 0.106. The molecule has 9 N–H and O–H groups in total. The number of hydrogen-bond acceptors (Lipinski definition) is 7. The summed E-state index contributed by atoms with van der Waals surface area (Å²) in [6.45, 7) is 0.404. The molecule has 1 aromatic heterocycles. The molecule has 0 spiro atoms. The van der Waals surface area contributed by atoms with Crippen molar-refractivity contribution < 1.29 is 24.3 Å². The van der Waals surface area contributed by atoms with Gasteiger partial charge in [-0.3, -0.25) is 14.4 Å². The number of nitrogens with one attached hydrogen (secondary N) is 4. The summed E-state index contributed by atoms with van der Waals surface area (Å²) >= 11 is 1.57. The number of amides is 3. The second kappa shape index (κ2) is 17.3. The molecule has 3 rings (SSSR count). The predicted octanol–water partition coefficient (Wildman–Crippen LogP) is 1.70. The van der Waals surface area contributed by atoms with E-state index in [1.54, 1.807) is 18.0 Å². The molecular weight excluding hydrogens is 568 g/mol. The van der Waals surface area contributed by atoms with E-state index in [2.05, 4.69) is 20.9 Å². The molecule has 0 saturated carbocycles. The van der Waals surface area contributed by atoms with Crippen molar-refractivity contribution in [1.82, 2.24) is 20.9 Å². The number of carbonyl (C=O) groups excluding carboxylic acids is 3. The van der Waals surface area contributed by atoms with Gasteiger partial charge in [-0.1, -0.05) is 48.5 Å². The number of nitrogens with two attached hydrogens (primary N) is 2. The summed E-state index contributed by atoms with van der Waals surface area (Å²) in [5.74, 6) is -2.15. The Kier molecular flexibility index (Phi) is 13.5. The van der Waals surface area contributed by atoms with Crippen molar-refractivity contribution in [2.24, 2.45) is 11.5 Å². The minimum atomic E-state index is -1.23. The molecule has 0 fully saturated rings.